The molecular weight excluding hydrogens is 228 g/mol. The lowest BCUT2D eigenvalue weighted by molar-refractivity contribution is -0.908. The maximum atomic E-state index is 11.5. The number of hydrogen-bond donors (Lipinski definition) is 2. The van der Waals surface area contributed by atoms with E-state index in [9.17, 15) is 4.79 Å². The fourth-order valence-corrected chi connectivity index (χ4v) is 1.79. The SMILES string of the molecule is CCOc1ccc(C[NH+](C)[C@H](C)C(=O)NC)cc1. The number of benzene rings is 1. The third kappa shape index (κ3) is 4.04. The molecule has 0 heterocycles. The van der Waals surface area contributed by atoms with Crippen molar-refractivity contribution in [3.05, 3.63) is 29.8 Å². The van der Waals surface area contributed by atoms with E-state index in [2.05, 4.69) is 5.32 Å². The van der Waals surface area contributed by atoms with Crippen molar-refractivity contribution in [2.75, 3.05) is 20.7 Å². The van der Waals surface area contributed by atoms with Crippen LogP contribution in [0.3, 0.4) is 0 Å². The number of ether oxygens (including phenoxy) is 1. The van der Waals surface area contributed by atoms with Crippen molar-refractivity contribution >= 4 is 5.91 Å². The summed E-state index contributed by atoms with van der Waals surface area (Å²) in [6.45, 7) is 5.40. The van der Waals surface area contributed by atoms with Crippen LogP contribution in [0.4, 0.5) is 0 Å². The molecule has 0 aromatic heterocycles. The molecule has 0 spiro atoms. The minimum Gasteiger partial charge on any atom is -0.494 e. The van der Waals surface area contributed by atoms with Gasteiger partial charge in [0, 0.05) is 12.6 Å². The second-order valence-corrected chi connectivity index (χ2v) is 4.44. The Morgan fingerprint density at radius 2 is 2.00 bits per heavy atom. The average molecular weight is 251 g/mol. The molecular formula is C14H23N2O2+. The van der Waals surface area contributed by atoms with E-state index in [4.69, 9.17) is 4.74 Å². The third-order valence-electron chi connectivity index (χ3n) is 3.10. The molecule has 1 amide bonds. The summed E-state index contributed by atoms with van der Waals surface area (Å²) < 4.78 is 5.40. The number of hydrogen-bond acceptors (Lipinski definition) is 2. The molecule has 4 heteroatoms. The predicted octanol–water partition coefficient (Wildman–Crippen LogP) is 0.235. The van der Waals surface area contributed by atoms with E-state index in [1.165, 1.54) is 10.5 Å². The van der Waals surface area contributed by atoms with E-state index in [1.54, 1.807) is 7.05 Å². The van der Waals surface area contributed by atoms with E-state index >= 15 is 0 Å². The quantitative estimate of drug-likeness (QED) is 0.760. The lowest BCUT2D eigenvalue weighted by Gasteiger charge is -2.20. The summed E-state index contributed by atoms with van der Waals surface area (Å²) in [6, 6.07) is 7.98. The van der Waals surface area contributed by atoms with Gasteiger partial charge in [0.05, 0.1) is 13.7 Å². The zero-order valence-corrected chi connectivity index (χ0v) is 11.6. The zero-order valence-electron chi connectivity index (χ0n) is 11.6. The van der Waals surface area contributed by atoms with Crippen LogP contribution in [-0.4, -0.2) is 32.7 Å². The Morgan fingerprint density at radius 1 is 1.39 bits per heavy atom. The number of likely N-dealkylation sites (N-methyl/N-ethyl adjacent to an activating group) is 2. The first kappa shape index (κ1) is 14.5. The molecule has 0 fully saturated rings. The van der Waals surface area contributed by atoms with E-state index in [0.29, 0.717) is 6.61 Å². The van der Waals surface area contributed by atoms with Crippen LogP contribution in [0.5, 0.6) is 5.75 Å². The molecule has 0 aliphatic heterocycles. The molecule has 0 aliphatic carbocycles. The van der Waals surface area contributed by atoms with Crippen molar-refractivity contribution in [1.82, 2.24) is 5.32 Å². The molecule has 1 aromatic carbocycles. The molecule has 0 saturated carbocycles. The highest BCUT2D eigenvalue weighted by Gasteiger charge is 2.20. The fourth-order valence-electron chi connectivity index (χ4n) is 1.79. The van der Waals surface area contributed by atoms with Gasteiger partial charge in [-0.25, -0.2) is 0 Å². The number of nitrogens with one attached hydrogen (secondary N) is 2. The van der Waals surface area contributed by atoms with Crippen molar-refractivity contribution in [3.63, 3.8) is 0 Å². The van der Waals surface area contributed by atoms with Crippen LogP contribution in [0.1, 0.15) is 19.4 Å². The molecule has 4 nitrogen and oxygen atoms in total. The highest BCUT2D eigenvalue weighted by Crippen LogP contribution is 2.11. The maximum Gasteiger partial charge on any atom is 0.277 e. The summed E-state index contributed by atoms with van der Waals surface area (Å²) in [5.41, 5.74) is 1.20. The predicted molar refractivity (Wildman–Crippen MR) is 71.7 cm³/mol. The number of carbonyl (C=O) groups excluding carboxylic acids is 1. The van der Waals surface area contributed by atoms with E-state index < -0.39 is 0 Å². The summed E-state index contributed by atoms with van der Waals surface area (Å²) >= 11 is 0. The van der Waals surface area contributed by atoms with Gasteiger partial charge in [-0.05, 0) is 38.1 Å². The lowest BCUT2D eigenvalue weighted by atomic mass is 10.2. The van der Waals surface area contributed by atoms with E-state index in [0.717, 1.165) is 12.3 Å². The van der Waals surface area contributed by atoms with Crippen LogP contribution >= 0.6 is 0 Å². The summed E-state index contributed by atoms with van der Waals surface area (Å²) in [4.78, 5) is 12.7. The number of quaternary nitrogens is 1. The van der Waals surface area contributed by atoms with Gasteiger partial charge in [0.25, 0.3) is 5.91 Å². The Balaban J connectivity index is 2.58. The fraction of sp³-hybridized carbons (Fsp3) is 0.500. The normalized spacial score (nSPS) is 13.8. The van der Waals surface area contributed by atoms with Crippen LogP contribution < -0.4 is 15.0 Å². The van der Waals surface area contributed by atoms with Gasteiger partial charge in [-0.2, -0.15) is 0 Å². The second-order valence-electron chi connectivity index (χ2n) is 4.44. The summed E-state index contributed by atoms with van der Waals surface area (Å²) in [5.74, 6) is 0.955. The Bertz CT molecular complexity index is 376. The van der Waals surface area contributed by atoms with Crippen LogP contribution in [0, 0.1) is 0 Å². The Hall–Kier alpha value is -1.55. The van der Waals surface area contributed by atoms with Gasteiger partial charge in [0.2, 0.25) is 0 Å². The topological polar surface area (TPSA) is 42.8 Å². The number of amides is 1. The van der Waals surface area contributed by atoms with Gasteiger partial charge in [-0.3, -0.25) is 4.79 Å². The minimum absolute atomic E-state index is 0.0541. The Kier molecular flexibility index (Phi) is 5.65. The van der Waals surface area contributed by atoms with Gasteiger partial charge in [-0.1, -0.05) is 0 Å². The lowest BCUT2D eigenvalue weighted by Crippen LogP contribution is -3.12. The smallest absolute Gasteiger partial charge is 0.277 e. The van der Waals surface area contributed by atoms with Gasteiger partial charge >= 0.3 is 0 Å². The second kappa shape index (κ2) is 7.01. The standard InChI is InChI=1S/C14H22N2O2/c1-5-18-13-8-6-12(7-9-13)10-16(4)11(2)14(17)15-3/h6-9,11H,5,10H2,1-4H3,(H,15,17)/p+1/t11-/m1/s1. The molecule has 0 saturated heterocycles. The summed E-state index contributed by atoms with van der Waals surface area (Å²) in [5, 5.41) is 2.68. The van der Waals surface area contributed by atoms with E-state index in [1.807, 2.05) is 45.2 Å². The molecule has 2 atom stereocenters. The average Bonchev–Trinajstić information content (AvgIpc) is 2.39. The van der Waals surface area contributed by atoms with Crippen LogP contribution in [0.15, 0.2) is 24.3 Å². The molecule has 1 rings (SSSR count). The highest BCUT2D eigenvalue weighted by molar-refractivity contribution is 5.79. The molecule has 100 valence electrons. The van der Waals surface area contributed by atoms with E-state index in [-0.39, 0.29) is 11.9 Å². The molecule has 18 heavy (non-hydrogen) atoms. The summed E-state index contributed by atoms with van der Waals surface area (Å²) in [6.07, 6.45) is 0. The van der Waals surface area contributed by atoms with Crippen molar-refractivity contribution in [1.29, 1.82) is 0 Å². The van der Waals surface area contributed by atoms with Crippen LogP contribution in [0.2, 0.25) is 0 Å². The number of carbonyl (C=O) groups is 1. The highest BCUT2D eigenvalue weighted by atomic mass is 16.5. The summed E-state index contributed by atoms with van der Waals surface area (Å²) in [7, 11) is 3.69. The zero-order chi connectivity index (χ0) is 13.5. The van der Waals surface area contributed by atoms with Crippen LogP contribution in [0.25, 0.3) is 0 Å². The molecule has 0 radical (unpaired) electrons. The monoisotopic (exact) mass is 251 g/mol. The van der Waals surface area contributed by atoms with Crippen LogP contribution in [-0.2, 0) is 11.3 Å². The minimum atomic E-state index is -0.0541. The molecule has 2 N–H and O–H groups in total. The van der Waals surface area contributed by atoms with Crippen molar-refractivity contribution in [2.45, 2.75) is 26.4 Å². The molecule has 0 aliphatic rings. The van der Waals surface area contributed by atoms with Crippen molar-refractivity contribution in [3.8, 4) is 5.75 Å². The molecule has 1 unspecified atom stereocenters. The molecule has 1 aromatic rings. The number of rotatable bonds is 6. The maximum absolute atomic E-state index is 11.5. The third-order valence-corrected chi connectivity index (χ3v) is 3.10. The van der Waals surface area contributed by atoms with Gasteiger partial charge < -0.3 is 15.0 Å². The largest absolute Gasteiger partial charge is 0.494 e. The van der Waals surface area contributed by atoms with Gasteiger partial charge in [0.1, 0.15) is 12.3 Å². The Labute approximate surface area is 109 Å². The van der Waals surface area contributed by atoms with Gasteiger partial charge in [0.15, 0.2) is 6.04 Å². The first-order valence-corrected chi connectivity index (χ1v) is 6.34. The first-order chi connectivity index (χ1) is 8.58. The Morgan fingerprint density at radius 3 is 2.50 bits per heavy atom. The molecule has 0 bridgehead atoms. The first-order valence-electron chi connectivity index (χ1n) is 6.34. The van der Waals surface area contributed by atoms with Crippen molar-refractivity contribution < 1.29 is 14.4 Å². The van der Waals surface area contributed by atoms with Crippen molar-refractivity contribution in [2.24, 2.45) is 0 Å². The van der Waals surface area contributed by atoms with Gasteiger partial charge in [-0.15, -0.1) is 0 Å².